The topological polar surface area (TPSA) is 38.1 Å². The average molecular weight is 244 g/mol. The Hall–Kier alpha value is -1.79. The van der Waals surface area contributed by atoms with Gasteiger partial charge in [-0.05, 0) is 45.4 Å². The minimum absolute atomic E-state index is 0.796. The van der Waals surface area contributed by atoms with Crippen LogP contribution >= 0.6 is 0 Å². The number of hydrogen-bond donors (Lipinski definition) is 1. The SMILES string of the molecule is C#C.C[C@@H]1CCCN1.Cc1noc2ccccc12. The first kappa shape index (κ1) is 14.3. The van der Waals surface area contributed by atoms with Crippen LogP contribution in [0.5, 0.6) is 0 Å². The minimum atomic E-state index is 0.796. The van der Waals surface area contributed by atoms with E-state index in [1.807, 2.05) is 31.2 Å². The number of fused-ring (bicyclic) bond motifs is 1. The van der Waals surface area contributed by atoms with Gasteiger partial charge in [0.15, 0.2) is 5.58 Å². The van der Waals surface area contributed by atoms with Crippen LogP contribution in [0.15, 0.2) is 28.8 Å². The van der Waals surface area contributed by atoms with Gasteiger partial charge in [0.25, 0.3) is 0 Å². The molecule has 0 radical (unpaired) electrons. The summed E-state index contributed by atoms with van der Waals surface area (Å²) in [5, 5.41) is 8.24. The van der Waals surface area contributed by atoms with Crippen LogP contribution in [0, 0.1) is 19.8 Å². The Morgan fingerprint density at radius 1 is 1.33 bits per heavy atom. The van der Waals surface area contributed by atoms with Crippen LogP contribution in [-0.4, -0.2) is 17.7 Å². The Morgan fingerprint density at radius 2 is 2.06 bits per heavy atom. The van der Waals surface area contributed by atoms with Crippen LogP contribution in [-0.2, 0) is 0 Å². The van der Waals surface area contributed by atoms with Crippen molar-refractivity contribution in [2.75, 3.05) is 6.54 Å². The fraction of sp³-hybridized carbons (Fsp3) is 0.400. The van der Waals surface area contributed by atoms with Crippen molar-refractivity contribution in [2.24, 2.45) is 0 Å². The van der Waals surface area contributed by atoms with Crippen molar-refractivity contribution in [2.45, 2.75) is 32.7 Å². The second kappa shape index (κ2) is 7.52. The second-order valence-corrected chi connectivity index (χ2v) is 4.26. The number of rotatable bonds is 0. The van der Waals surface area contributed by atoms with Gasteiger partial charge in [0.05, 0.1) is 5.69 Å². The zero-order chi connectivity index (χ0) is 13.4. The third-order valence-electron chi connectivity index (χ3n) is 2.86. The van der Waals surface area contributed by atoms with Gasteiger partial charge in [0.2, 0.25) is 0 Å². The summed E-state index contributed by atoms with van der Waals surface area (Å²) in [5.41, 5.74) is 1.82. The highest BCUT2D eigenvalue weighted by Crippen LogP contribution is 2.15. The van der Waals surface area contributed by atoms with Gasteiger partial charge in [-0.3, -0.25) is 0 Å². The largest absolute Gasteiger partial charge is 0.356 e. The van der Waals surface area contributed by atoms with E-state index in [9.17, 15) is 0 Å². The predicted octanol–water partition coefficient (Wildman–Crippen LogP) is 3.14. The molecule has 3 nitrogen and oxygen atoms in total. The summed E-state index contributed by atoms with van der Waals surface area (Å²) in [6.45, 7) is 5.40. The number of aryl methyl sites for hydroxylation is 1. The lowest BCUT2D eigenvalue weighted by Crippen LogP contribution is -2.16. The lowest BCUT2D eigenvalue weighted by molar-refractivity contribution is 0.450. The molecule has 1 aliphatic rings. The molecule has 0 amide bonds. The number of aromatic nitrogens is 1. The molecule has 0 aliphatic carbocycles. The van der Waals surface area contributed by atoms with Gasteiger partial charge < -0.3 is 9.84 Å². The summed E-state index contributed by atoms with van der Waals surface area (Å²) in [5.74, 6) is 0. The minimum Gasteiger partial charge on any atom is -0.356 e. The van der Waals surface area contributed by atoms with Crippen molar-refractivity contribution in [3.05, 3.63) is 30.0 Å². The fourth-order valence-corrected chi connectivity index (χ4v) is 1.87. The first-order chi connectivity index (χ1) is 8.77. The monoisotopic (exact) mass is 244 g/mol. The molecule has 96 valence electrons. The first-order valence-corrected chi connectivity index (χ1v) is 6.15. The Morgan fingerprint density at radius 3 is 2.56 bits per heavy atom. The van der Waals surface area contributed by atoms with Crippen LogP contribution in [0.3, 0.4) is 0 Å². The summed E-state index contributed by atoms with van der Waals surface area (Å²) in [6, 6.07) is 8.63. The number of hydrogen-bond acceptors (Lipinski definition) is 3. The molecule has 1 atom stereocenters. The summed E-state index contributed by atoms with van der Waals surface area (Å²) in [7, 11) is 0. The number of nitrogens with one attached hydrogen (secondary N) is 1. The Labute approximate surface area is 109 Å². The van der Waals surface area contributed by atoms with Crippen molar-refractivity contribution in [3.63, 3.8) is 0 Å². The maximum atomic E-state index is 5.00. The van der Waals surface area contributed by atoms with Gasteiger partial charge in [0.1, 0.15) is 0 Å². The van der Waals surface area contributed by atoms with Gasteiger partial charge in [-0.15, -0.1) is 12.8 Å². The number of para-hydroxylation sites is 1. The smallest absolute Gasteiger partial charge is 0.167 e. The van der Waals surface area contributed by atoms with E-state index in [-0.39, 0.29) is 0 Å². The van der Waals surface area contributed by atoms with Gasteiger partial charge in [-0.1, -0.05) is 17.3 Å². The Bertz CT molecular complexity index is 481. The van der Waals surface area contributed by atoms with Crippen LogP contribution in [0.4, 0.5) is 0 Å². The molecule has 0 unspecified atom stereocenters. The molecule has 18 heavy (non-hydrogen) atoms. The molecule has 1 N–H and O–H groups in total. The molecule has 1 aromatic heterocycles. The molecule has 0 spiro atoms. The zero-order valence-electron chi connectivity index (χ0n) is 11.0. The molecule has 0 saturated carbocycles. The van der Waals surface area contributed by atoms with Gasteiger partial charge >= 0.3 is 0 Å². The standard InChI is InChI=1S/C8H7NO.C5H11N.C2H2/c1-6-7-4-2-3-5-8(7)10-9-6;1-5-3-2-4-6-5;1-2/h2-5H,1H3;5-6H,2-4H2,1H3;1-2H/t;5-;/m.1./s1. The highest BCUT2D eigenvalue weighted by molar-refractivity contribution is 5.78. The lowest BCUT2D eigenvalue weighted by atomic mass is 10.2. The highest BCUT2D eigenvalue weighted by atomic mass is 16.5. The molecule has 3 rings (SSSR count). The number of nitrogens with zero attached hydrogens (tertiary/aromatic N) is 1. The van der Waals surface area contributed by atoms with Gasteiger partial charge in [0, 0.05) is 11.4 Å². The molecular weight excluding hydrogens is 224 g/mol. The van der Waals surface area contributed by atoms with E-state index in [1.165, 1.54) is 19.4 Å². The van der Waals surface area contributed by atoms with Crippen molar-refractivity contribution in [1.82, 2.24) is 10.5 Å². The zero-order valence-corrected chi connectivity index (χ0v) is 11.0. The van der Waals surface area contributed by atoms with E-state index in [0.29, 0.717) is 0 Å². The molecule has 1 saturated heterocycles. The van der Waals surface area contributed by atoms with E-state index in [1.54, 1.807) is 0 Å². The molecular formula is C15H20N2O. The number of terminal acetylenes is 1. The molecule has 3 heteroatoms. The van der Waals surface area contributed by atoms with E-state index >= 15 is 0 Å². The maximum absolute atomic E-state index is 5.00. The predicted molar refractivity (Wildman–Crippen MR) is 75.3 cm³/mol. The molecule has 2 heterocycles. The highest BCUT2D eigenvalue weighted by Gasteiger charge is 2.05. The van der Waals surface area contributed by atoms with Crippen LogP contribution in [0.1, 0.15) is 25.5 Å². The van der Waals surface area contributed by atoms with E-state index in [0.717, 1.165) is 22.7 Å². The normalized spacial score (nSPS) is 17.4. The summed E-state index contributed by atoms with van der Waals surface area (Å²) in [4.78, 5) is 0. The van der Waals surface area contributed by atoms with Crippen molar-refractivity contribution in [1.29, 1.82) is 0 Å². The number of benzene rings is 1. The lowest BCUT2D eigenvalue weighted by Gasteiger charge is -1.95. The third-order valence-corrected chi connectivity index (χ3v) is 2.86. The second-order valence-electron chi connectivity index (χ2n) is 4.26. The molecule has 1 fully saturated rings. The Balaban J connectivity index is 0.000000174. The maximum Gasteiger partial charge on any atom is 0.167 e. The van der Waals surface area contributed by atoms with Gasteiger partial charge in [-0.25, -0.2) is 0 Å². The molecule has 1 aromatic carbocycles. The Kier molecular flexibility index (Phi) is 5.96. The van der Waals surface area contributed by atoms with Crippen molar-refractivity contribution < 1.29 is 4.52 Å². The molecule has 1 aliphatic heterocycles. The fourth-order valence-electron chi connectivity index (χ4n) is 1.87. The van der Waals surface area contributed by atoms with E-state index in [2.05, 4.69) is 30.2 Å². The van der Waals surface area contributed by atoms with Crippen LogP contribution in [0.2, 0.25) is 0 Å². The third kappa shape index (κ3) is 3.90. The van der Waals surface area contributed by atoms with Crippen LogP contribution < -0.4 is 5.32 Å². The summed E-state index contributed by atoms with van der Waals surface area (Å²) >= 11 is 0. The van der Waals surface area contributed by atoms with E-state index in [4.69, 9.17) is 4.52 Å². The van der Waals surface area contributed by atoms with Gasteiger partial charge in [-0.2, -0.15) is 0 Å². The van der Waals surface area contributed by atoms with E-state index < -0.39 is 0 Å². The van der Waals surface area contributed by atoms with Crippen molar-refractivity contribution in [3.8, 4) is 12.8 Å². The molecule has 2 aromatic rings. The summed E-state index contributed by atoms with van der Waals surface area (Å²) < 4.78 is 5.00. The molecule has 0 bridgehead atoms. The first-order valence-electron chi connectivity index (χ1n) is 6.15. The summed E-state index contributed by atoms with van der Waals surface area (Å²) in [6.07, 6.45) is 10.8. The van der Waals surface area contributed by atoms with Crippen LogP contribution in [0.25, 0.3) is 11.0 Å². The quantitative estimate of drug-likeness (QED) is 0.723. The van der Waals surface area contributed by atoms with Crippen molar-refractivity contribution >= 4 is 11.0 Å². The average Bonchev–Trinajstić information content (AvgIpc) is 3.03.